The molecule has 2 amide bonds. The van der Waals surface area contributed by atoms with E-state index >= 15 is 0 Å². The van der Waals surface area contributed by atoms with Crippen molar-refractivity contribution >= 4 is 11.7 Å². The Morgan fingerprint density at radius 2 is 2.26 bits per heavy atom. The van der Waals surface area contributed by atoms with Crippen LogP contribution in [-0.4, -0.2) is 40.7 Å². The minimum Gasteiger partial charge on any atom is -0.495 e. The molecule has 0 unspecified atom stereocenters. The van der Waals surface area contributed by atoms with Gasteiger partial charge in [-0.25, -0.2) is 9.78 Å². The van der Waals surface area contributed by atoms with Crippen molar-refractivity contribution in [1.29, 1.82) is 0 Å². The lowest BCUT2D eigenvalue weighted by molar-refractivity contribution is 0.190. The molecular formula is C21H30N4O2. The first kappa shape index (κ1) is 19.3. The zero-order valence-electron chi connectivity index (χ0n) is 16.6. The quantitative estimate of drug-likeness (QED) is 0.819. The highest BCUT2D eigenvalue weighted by Gasteiger charge is 2.27. The van der Waals surface area contributed by atoms with Crippen LogP contribution in [0, 0.1) is 6.92 Å². The monoisotopic (exact) mass is 370 g/mol. The molecule has 6 heteroatoms. The number of imidazole rings is 1. The summed E-state index contributed by atoms with van der Waals surface area (Å²) in [6, 6.07) is 5.72. The maximum Gasteiger partial charge on any atom is 0.321 e. The van der Waals surface area contributed by atoms with Crippen LogP contribution in [0.2, 0.25) is 0 Å². The molecule has 0 spiro atoms. The number of piperidine rings is 1. The summed E-state index contributed by atoms with van der Waals surface area (Å²) >= 11 is 0. The summed E-state index contributed by atoms with van der Waals surface area (Å²) < 4.78 is 7.62. The van der Waals surface area contributed by atoms with E-state index in [1.165, 1.54) is 0 Å². The number of methoxy groups -OCH3 is 1. The fourth-order valence-corrected chi connectivity index (χ4v) is 3.68. The molecule has 1 aliphatic heterocycles. The number of carbonyl (C=O) groups is 1. The Balaban J connectivity index is 1.68. The topological polar surface area (TPSA) is 59.4 Å². The van der Waals surface area contributed by atoms with Gasteiger partial charge in [-0.2, -0.15) is 0 Å². The van der Waals surface area contributed by atoms with Crippen molar-refractivity contribution in [1.82, 2.24) is 14.5 Å². The van der Waals surface area contributed by atoms with Gasteiger partial charge in [-0.3, -0.25) is 0 Å². The zero-order valence-corrected chi connectivity index (χ0v) is 16.6. The van der Waals surface area contributed by atoms with Crippen molar-refractivity contribution in [2.24, 2.45) is 0 Å². The van der Waals surface area contributed by atoms with E-state index < -0.39 is 0 Å². The van der Waals surface area contributed by atoms with Crippen LogP contribution >= 0.6 is 0 Å². The Morgan fingerprint density at radius 3 is 3.04 bits per heavy atom. The molecule has 2 aromatic rings. The highest BCUT2D eigenvalue weighted by Crippen LogP contribution is 2.29. The number of hydrogen-bond donors (Lipinski definition) is 1. The fraction of sp³-hybridized carbons (Fsp3) is 0.524. The summed E-state index contributed by atoms with van der Waals surface area (Å²) in [5, 5.41) is 3.02. The van der Waals surface area contributed by atoms with Crippen molar-refractivity contribution in [3.05, 3.63) is 42.0 Å². The second kappa shape index (κ2) is 8.93. The molecule has 0 radical (unpaired) electrons. The summed E-state index contributed by atoms with van der Waals surface area (Å²) in [4.78, 5) is 19.3. The van der Waals surface area contributed by atoms with E-state index in [-0.39, 0.29) is 11.9 Å². The van der Waals surface area contributed by atoms with E-state index in [2.05, 4.69) is 28.0 Å². The smallest absolute Gasteiger partial charge is 0.321 e. The van der Waals surface area contributed by atoms with E-state index in [0.29, 0.717) is 18.0 Å². The van der Waals surface area contributed by atoms with Gasteiger partial charge in [0.2, 0.25) is 0 Å². The lowest BCUT2D eigenvalue weighted by Gasteiger charge is -2.33. The first-order chi connectivity index (χ1) is 13.1. The van der Waals surface area contributed by atoms with Crippen LogP contribution in [0.1, 0.15) is 49.9 Å². The third-order valence-electron chi connectivity index (χ3n) is 5.17. The SMILES string of the molecule is CCCCn1ccnc1[C@H]1CCCN(C(=O)Nc2cc(C)ccc2OC)C1. The molecule has 1 aromatic carbocycles. The summed E-state index contributed by atoms with van der Waals surface area (Å²) in [6.07, 6.45) is 8.30. The molecule has 27 heavy (non-hydrogen) atoms. The standard InChI is InChI=1S/C21H30N4O2/c1-4-5-11-24-13-10-22-20(24)17-7-6-12-25(15-17)21(26)23-18-14-16(2)8-9-19(18)27-3/h8-10,13-14,17H,4-7,11-12,15H2,1-3H3,(H,23,26)/t17-/m0/s1. The van der Waals surface area contributed by atoms with Crippen molar-refractivity contribution in [3.8, 4) is 5.75 Å². The minimum absolute atomic E-state index is 0.0738. The van der Waals surface area contributed by atoms with Gasteiger partial charge in [0.15, 0.2) is 0 Å². The lowest BCUT2D eigenvalue weighted by atomic mass is 9.97. The number of nitrogens with zero attached hydrogens (tertiary/aromatic N) is 3. The maximum absolute atomic E-state index is 12.9. The maximum atomic E-state index is 12.9. The normalized spacial score (nSPS) is 17.0. The van der Waals surface area contributed by atoms with E-state index in [1.54, 1.807) is 7.11 Å². The van der Waals surface area contributed by atoms with Gasteiger partial charge in [0.05, 0.1) is 12.8 Å². The Hall–Kier alpha value is -2.50. The van der Waals surface area contributed by atoms with Gasteiger partial charge < -0.3 is 19.5 Å². The summed E-state index contributed by atoms with van der Waals surface area (Å²) in [7, 11) is 1.62. The highest BCUT2D eigenvalue weighted by atomic mass is 16.5. The van der Waals surface area contributed by atoms with E-state index in [1.807, 2.05) is 36.2 Å². The second-order valence-electron chi connectivity index (χ2n) is 7.25. The fourth-order valence-electron chi connectivity index (χ4n) is 3.68. The van der Waals surface area contributed by atoms with Crippen LogP contribution in [0.3, 0.4) is 0 Å². The minimum atomic E-state index is -0.0738. The molecule has 1 aliphatic rings. The van der Waals surface area contributed by atoms with Crippen LogP contribution < -0.4 is 10.1 Å². The number of aryl methyl sites for hydroxylation is 2. The number of ether oxygens (including phenoxy) is 1. The summed E-state index contributed by atoms with van der Waals surface area (Å²) in [6.45, 7) is 6.66. The molecule has 1 N–H and O–H groups in total. The third kappa shape index (κ3) is 4.62. The first-order valence-electron chi connectivity index (χ1n) is 9.84. The van der Waals surface area contributed by atoms with E-state index in [9.17, 15) is 4.79 Å². The zero-order chi connectivity index (χ0) is 19.2. The predicted octanol–water partition coefficient (Wildman–Crippen LogP) is 4.41. The molecule has 146 valence electrons. The average molecular weight is 370 g/mol. The van der Waals surface area contributed by atoms with Crippen molar-refractivity contribution in [3.63, 3.8) is 0 Å². The molecule has 3 rings (SSSR count). The number of benzene rings is 1. The first-order valence-corrected chi connectivity index (χ1v) is 9.84. The van der Waals surface area contributed by atoms with Crippen molar-refractivity contribution in [2.75, 3.05) is 25.5 Å². The summed E-state index contributed by atoms with van der Waals surface area (Å²) in [5.74, 6) is 2.07. The molecule has 1 fully saturated rings. The molecule has 0 saturated carbocycles. The van der Waals surface area contributed by atoms with Gasteiger partial charge in [-0.1, -0.05) is 19.4 Å². The van der Waals surface area contributed by atoms with Gasteiger partial charge in [-0.15, -0.1) is 0 Å². The van der Waals surface area contributed by atoms with Crippen LogP contribution in [0.25, 0.3) is 0 Å². The number of carbonyl (C=O) groups excluding carboxylic acids is 1. The van der Waals surface area contributed by atoms with Gasteiger partial charge in [0.25, 0.3) is 0 Å². The largest absolute Gasteiger partial charge is 0.495 e. The Labute approximate surface area is 161 Å². The average Bonchev–Trinajstić information content (AvgIpc) is 3.15. The number of likely N-dealkylation sites (tertiary alicyclic amines) is 1. The number of nitrogens with one attached hydrogen (secondary N) is 1. The molecule has 2 heterocycles. The van der Waals surface area contributed by atoms with Crippen LogP contribution in [0.15, 0.2) is 30.6 Å². The lowest BCUT2D eigenvalue weighted by Crippen LogP contribution is -2.42. The van der Waals surface area contributed by atoms with Crippen LogP contribution in [0.5, 0.6) is 5.75 Å². The molecule has 1 aromatic heterocycles. The molecule has 6 nitrogen and oxygen atoms in total. The third-order valence-corrected chi connectivity index (χ3v) is 5.17. The van der Waals surface area contributed by atoms with E-state index in [0.717, 1.165) is 50.2 Å². The van der Waals surface area contributed by atoms with Crippen LogP contribution in [0.4, 0.5) is 10.5 Å². The number of amides is 2. The van der Waals surface area contributed by atoms with Gasteiger partial charge in [0, 0.05) is 37.9 Å². The number of rotatable bonds is 6. The highest BCUT2D eigenvalue weighted by molar-refractivity contribution is 5.91. The number of hydrogen-bond acceptors (Lipinski definition) is 3. The van der Waals surface area contributed by atoms with E-state index in [4.69, 9.17) is 4.74 Å². The molecular weight excluding hydrogens is 340 g/mol. The van der Waals surface area contributed by atoms with Gasteiger partial charge in [-0.05, 0) is 43.9 Å². The Kier molecular flexibility index (Phi) is 6.37. The molecule has 1 atom stereocenters. The van der Waals surface area contributed by atoms with Crippen molar-refractivity contribution < 1.29 is 9.53 Å². The molecule has 0 bridgehead atoms. The van der Waals surface area contributed by atoms with Crippen molar-refractivity contribution in [2.45, 2.75) is 52.0 Å². The second-order valence-corrected chi connectivity index (χ2v) is 7.25. The Morgan fingerprint density at radius 1 is 1.41 bits per heavy atom. The van der Waals surface area contributed by atoms with Crippen LogP contribution in [-0.2, 0) is 6.54 Å². The molecule has 0 aliphatic carbocycles. The van der Waals surface area contributed by atoms with Gasteiger partial charge >= 0.3 is 6.03 Å². The number of unbranched alkanes of at least 4 members (excludes halogenated alkanes) is 1. The number of urea groups is 1. The predicted molar refractivity (Wildman–Crippen MR) is 107 cm³/mol. The van der Waals surface area contributed by atoms with Gasteiger partial charge in [0.1, 0.15) is 11.6 Å². The number of anilines is 1. The summed E-state index contributed by atoms with van der Waals surface area (Å²) in [5.41, 5.74) is 1.80. The Bertz CT molecular complexity index is 771. The number of aromatic nitrogens is 2. The molecule has 1 saturated heterocycles.